The van der Waals surface area contributed by atoms with E-state index in [1.54, 1.807) is 79.1 Å². The maximum atomic E-state index is 12.6. The van der Waals surface area contributed by atoms with Crippen LogP contribution in [0.4, 0.5) is 11.5 Å². The number of carbonyl (C=O) groups excluding carboxylic acids is 2. The molecule has 0 fully saturated rings. The van der Waals surface area contributed by atoms with Crippen LogP contribution in [0.3, 0.4) is 0 Å². The first-order chi connectivity index (χ1) is 14.6. The molecule has 7 nitrogen and oxygen atoms in total. The highest BCUT2D eigenvalue weighted by atomic mass is 16.5. The van der Waals surface area contributed by atoms with Gasteiger partial charge in [-0.3, -0.25) is 9.59 Å². The Bertz CT molecular complexity index is 1190. The van der Waals surface area contributed by atoms with Gasteiger partial charge in [-0.25, -0.2) is 4.98 Å². The van der Waals surface area contributed by atoms with Crippen molar-refractivity contribution in [3.05, 3.63) is 90.2 Å². The molecule has 30 heavy (non-hydrogen) atoms. The molecule has 2 aromatic carbocycles. The van der Waals surface area contributed by atoms with Gasteiger partial charge in [0.1, 0.15) is 23.0 Å². The Morgan fingerprint density at radius 2 is 1.80 bits per heavy atom. The van der Waals surface area contributed by atoms with Crippen LogP contribution >= 0.6 is 0 Å². The molecule has 0 radical (unpaired) electrons. The van der Waals surface area contributed by atoms with Crippen molar-refractivity contribution in [1.29, 1.82) is 0 Å². The van der Waals surface area contributed by atoms with Crippen LogP contribution in [0.1, 0.15) is 20.7 Å². The molecule has 1 amide bonds. The van der Waals surface area contributed by atoms with E-state index in [4.69, 9.17) is 14.9 Å². The monoisotopic (exact) mass is 399 g/mol. The number of amides is 1. The van der Waals surface area contributed by atoms with E-state index in [9.17, 15) is 9.59 Å². The zero-order valence-corrected chi connectivity index (χ0v) is 15.7. The predicted octanol–water partition coefficient (Wildman–Crippen LogP) is 4.78. The predicted molar refractivity (Wildman–Crippen MR) is 113 cm³/mol. The summed E-state index contributed by atoms with van der Waals surface area (Å²) in [6.07, 6.45) is 2.28. The Morgan fingerprint density at radius 1 is 1.00 bits per heavy atom. The third-order valence-electron chi connectivity index (χ3n) is 4.33. The molecular formula is C23H17N3O4. The first kappa shape index (κ1) is 18.9. The minimum atomic E-state index is -0.383. The largest absolute Gasteiger partial charge is 0.463 e. The molecule has 0 atom stereocenters. The lowest BCUT2D eigenvalue weighted by Gasteiger charge is -2.10. The molecule has 4 aromatic rings. The van der Waals surface area contributed by atoms with Crippen molar-refractivity contribution in [2.75, 3.05) is 11.1 Å². The van der Waals surface area contributed by atoms with Crippen LogP contribution in [0.2, 0.25) is 0 Å². The first-order valence-electron chi connectivity index (χ1n) is 9.08. The highest BCUT2D eigenvalue weighted by Gasteiger charge is 2.14. The highest BCUT2D eigenvalue weighted by Crippen LogP contribution is 2.26. The first-order valence-corrected chi connectivity index (χ1v) is 9.08. The maximum Gasteiger partial charge on any atom is 0.259 e. The lowest BCUT2D eigenvalue weighted by molar-refractivity contribution is 0.102. The number of aldehydes is 1. The number of nitrogen functional groups attached to an aromatic ring is 1. The summed E-state index contributed by atoms with van der Waals surface area (Å²) in [5.41, 5.74) is 7.77. The van der Waals surface area contributed by atoms with E-state index in [1.165, 1.54) is 0 Å². The number of benzene rings is 2. The summed E-state index contributed by atoms with van der Waals surface area (Å²) in [5, 5.41) is 2.77. The second kappa shape index (κ2) is 8.32. The molecule has 0 bridgehead atoms. The van der Waals surface area contributed by atoms with E-state index in [2.05, 4.69) is 10.3 Å². The van der Waals surface area contributed by atoms with Crippen molar-refractivity contribution in [1.82, 2.24) is 4.98 Å². The number of nitrogens with zero attached hydrogens (tertiary/aromatic N) is 1. The fourth-order valence-corrected chi connectivity index (χ4v) is 2.83. The summed E-state index contributed by atoms with van der Waals surface area (Å²) in [6, 6.07) is 20.5. The summed E-state index contributed by atoms with van der Waals surface area (Å²) in [7, 11) is 0. The van der Waals surface area contributed by atoms with Gasteiger partial charge in [0.2, 0.25) is 0 Å². The molecule has 3 N–H and O–H groups in total. The number of ether oxygens (including phenoxy) is 1. The number of nitrogens with two attached hydrogens (primary N) is 1. The van der Waals surface area contributed by atoms with Crippen molar-refractivity contribution in [3.63, 3.8) is 0 Å². The van der Waals surface area contributed by atoms with Gasteiger partial charge in [-0.2, -0.15) is 0 Å². The number of carbonyl (C=O) groups is 2. The van der Waals surface area contributed by atoms with Gasteiger partial charge in [-0.05, 0) is 60.7 Å². The number of furan rings is 1. The van der Waals surface area contributed by atoms with Gasteiger partial charge in [0.15, 0.2) is 12.0 Å². The number of hydrogen-bond acceptors (Lipinski definition) is 6. The number of rotatable bonds is 6. The molecule has 0 aliphatic rings. The van der Waals surface area contributed by atoms with E-state index in [-0.39, 0.29) is 17.3 Å². The third-order valence-corrected chi connectivity index (χ3v) is 4.33. The van der Waals surface area contributed by atoms with Crippen LogP contribution in [0.15, 0.2) is 83.5 Å². The van der Waals surface area contributed by atoms with Crippen LogP contribution in [-0.4, -0.2) is 17.2 Å². The Labute approximate surface area is 172 Å². The van der Waals surface area contributed by atoms with Gasteiger partial charge in [0.05, 0.1) is 17.4 Å². The SMILES string of the molecule is Nc1nc(-c2ccco2)ccc1C(=O)Nc1ccc(Oc2ccccc2C=O)cc1. The number of pyridine rings is 1. The Balaban J connectivity index is 1.45. The van der Waals surface area contributed by atoms with Gasteiger partial charge in [-0.15, -0.1) is 0 Å². The molecule has 4 rings (SSSR count). The van der Waals surface area contributed by atoms with Crippen LogP contribution in [0.25, 0.3) is 11.5 Å². The van der Waals surface area contributed by atoms with Crippen molar-refractivity contribution < 1.29 is 18.7 Å². The zero-order chi connectivity index (χ0) is 20.9. The van der Waals surface area contributed by atoms with Gasteiger partial charge >= 0.3 is 0 Å². The summed E-state index contributed by atoms with van der Waals surface area (Å²) < 4.78 is 11.0. The lowest BCUT2D eigenvalue weighted by Crippen LogP contribution is -2.15. The maximum absolute atomic E-state index is 12.6. The second-order valence-corrected chi connectivity index (χ2v) is 6.34. The molecular weight excluding hydrogens is 382 g/mol. The minimum absolute atomic E-state index is 0.104. The Hall–Kier alpha value is -4.39. The highest BCUT2D eigenvalue weighted by molar-refractivity contribution is 6.07. The molecule has 7 heteroatoms. The van der Waals surface area contributed by atoms with Crippen molar-refractivity contribution in [3.8, 4) is 23.0 Å². The van der Waals surface area contributed by atoms with Crippen molar-refractivity contribution >= 4 is 23.7 Å². The topological polar surface area (TPSA) is 107 Å². The summed E-state index contributed by atoms with van der Waals surface area (Å²) in [6.45, 7) is 0. The van der Waals surface area contributed by atoms with Crippen LogP contribution in [-0.2, 0) is 0 Å². The van der Waals surface area contributed by atoms with Gasteiger partial charge in [0, 0.05) is 5.69 Å². The molecule has 148 valence electrons. The molecule has 0 unspecified atom stereocenters. The molecule has 0 aliphatic carbocycles. The second-order valence-electron chi connectivity index (χ2n) is 6.34. The van der Waals surface area contributed by atoms with E-state index >= 15 is 0 Å². The van der Waals surface area contributed by atoms with Crippen LogP contribution < -0.4 is 15.8 Å². The quantitative estimate of drug-likeness (QED) is 0.452. The normalized spacial score (nSPS) is 10.4. The number of para-hydroxylation sites is 1. The third kappa shape index (κ3) is 4.05. The molecule has 0 spiro atoms. The average Bonchev–Trinajstić information content (AvgIpc) is 3.30. The summed E-state index contributed by atoms with van der Waals surface area (Å²) >= 11 is 0. The molecule has 0 saturated carbocycles. The fraction of sp³-hybridized carbons (Fsp3) is 0. The summed E-state index contributed by atoms with van der Waals surface area (Å²) in [4.78, 5) is 27.9. The van der Waals surface area contributed by atoms with E-state index in [1.807, 2.05) is 0 Å². The zero-order valence-electron chi connectivity index (χ0n) is 15.7. The lowest BCUT2D eigenvalue weighted by atomic mass is 10.2. The van der Waals surface area contributed by atoms with Gasteiger partial charge < -0.3 is 20.2 Å². The van der Waals surface area contributed by atoms with Gasteiger partial charge in [0.25, 0.3) is 5.91 Å². The van der Waals surface area contributed by atoms with Gasteiger partial charge in [-0.1, -0.05) is 12.1 Å². The number of anilines is 2. The average molecular weight is 399 g/mol. The molecule has 2 aromatic heterocycles. The Kier molecular flexibility index (Phi) is 5.25. The number of aromatic nitrogens is 1. The van der Waals surface area contributed by atoms with Crippen LogP contribution in [0, 0.1) is 0 Å². The number of hydrogen-bond donors (Lipinski definition) is 2. The van der Waals surface area contributed by atoms with E-state index < -0.39 is 0 Å². The minimum Gasteiger partial charge on any atom is -0.463 e. The fourth-order valence-electron chi connectivity index (χ4n) is 2.83. The molecule has 0 saturated heterocycles. The molecule has 0 aliphatic heterocycles. The van der Waals surface area contributed by atoms with Crippen LogP contribution in [0.5, 0.6) is 11.5 Å². The summed E-state index contributed by atoms with van der Waals surface area (Å²) in [5.74, 6) is 1.28. The number of nitrogens with one attached hydrogen (secondary N) is 1. The smallest absolute Gasteiger partial charge is 0.259 e. The Morgan fingerprint density at radius 3 is 2.50 bits per heavy atom. The van der Waals surface area contributed by atoms with Crippen molar-refractivity contribution in [2.45, 2.75) is 0 Å². The molecule has 2 heterocycles. The van der Waals surface area contributed by atoms with E-state index in [0.29, 0.717) is 34.2 Å². The standard InChI is InChI=1S/C23H17N3O4/c24-22-18(11-12-19(26-22)21-6-3-13-29-21)23(28)25-16-7-9-17(10-8-16)30-20-5-2-1-4-15(20)14-27/h1-14H,(H2,24,26)(H,25,28). The van der Waals surface area contributed by atoms with E-state index in [0.717, 1.165) is 6.29 Å². The van der Waals surface area contributed by atoms with Crippen molar-refractivity contribution in [2.24, 2.45) is 0 Å².